The summed E-state index contributed by atoms with van der Waals surface area (Å²) in [6, 6.07) is 5.46. The van der Waals surface area contributed by atoms with Crippen LogP contribution in [0.2, 0.25) is 10.0 Å². The maximum absolute atomic E-state index is 6.15. The molecule has 1 unspecified atom stereocenters. The van der Waals surface area contributed by atoms with Gasteiger partial charge in [-0.25, -0.2) is 4.98 Å². The molecule has 1 aromatic heterocycles. The van der Waals surface area contributed by atoms with E-state index in [9.17, 15) is 0 Å². The van der Waals surface area contributed by atoms with E-state index >= 15 is 0 Å². The Morgan fingerprint density at radius 2 is 2.00 bits per heavy atom. The quantitative estimate of drug-likeness (QED) is 0.736. The minimum Gasteiger partial charge on any atom is -0.437 e. The van der Waals surface area contributed by atoms with E-state index in [4.69, 9.17) is 33.7 Å². The normalized spacial score (nSPS) is 12.3. The first-order valence-electron chi connectivity index (χ1n) is 6.40. The topological polar surface area (TPSA) is 48.1 Å². The van der Waals surface area contributed by atoms with E-state index in [1.807, 2.05) is 19.9 Å². The predicted octanol–water partition coefficient (Wildman–Crippen LogP) is 5.14. The standard InChI is InChI=1S/C15H15BrCl2N2O/c1-8-3-10(4-9(2)19)7-20-15(8)21-14-6-12(17)11(16)5-13(14)18/h3,5-7,9H,4,19H2,1-2H3. The van der Waals surface area contributed by atoms with Crippen LogP contribution in [-0.2, 0) is 6.42 Å². The van der Waals surface area contributed by atoms with E-state index in [2.05, 4.69) is 20.9 Å². The van der Waals surface area contributed by atoms with Gasteiger partial charge >= 0.3 is 0 Å². The van der Waals surface area contributed by atoms with Crippen molar-refractivity contribution in [3.63, 3.8) is 0 Å². The van der Waals surface area contributed by atoms with Crippen LogP contribution in [0.1, 0.15) is 18.1 Å². The number of ether oxygens (including phenoxy) is 1. The number of halogens is 3. The van der Waals surface area contributed by atoms with E-state index < -0.39 is 0 Å². The van der Waals surface area contributed by atoms with Gasteiger partial charge in [0.25, 0.3) is 0 Å². The summed E-state index contributed by atoms with van der Waals surface area (Å²) in [6.45, 7) is 3.89. The molecule has 1 atom stereocenters. The molecule has 1 heterocycles. The highest BCUT2D eigenvalue weighted by Crippen LogP contribution is 2.36. The third-order valence-corrected chi connectivity index (χ3v) is 4.32. The van der Waals surface area contributed by atoms with E-state index in [1.165, 1.54) is 0 Å². The zero-order valence-electron chi connectivity index (χ0n) is 11.7. The van der Waals surface area contributed by atoms with Gasteiger partial charge in [0.2, 0.25) is 5.88 Å². The lowest BCUT2D eigenvalue weighted by molar-refractivity contribution is 0.458. The summed E-state index contributed by atoms with van der Waals surface area (Å²) < 4.78 is 6.48. The highest BCUT2D eigenvalue weighted by atomic mass is 79.9. The Bertz CT molecular complexity index is 662. The fourth-order valence-corrected chi connectivity index (χ4v) is 2.73. The number of benzene rings is 1. The smallest absolute Gasteiger partial charge is 0.222 e. The van der Waals surface area contributed by atoms with Gasteiger partial charge in [0.05, 0.1) is 10.0 Å². The molecule has 2 aromatic rings. The molecule has 0 amide bonds. The average molecular weight is 390 g/mol. The van der Waals surface area contributed by atoms with Crippen molar-refractivity contribution in [2.24, 2.45) is 5.73 Å². The van der Waals surface area contributed by atoms with Gasteiger partial charge in [0.1, 0.15) is 5.75 Å². The van der Waals surface area contributed by atoms with Crippen molar-refractivity contribution in [1.82, 2.24) is 4.98 Å². The number of nitrogens with two attached hydrogens (primary N) is 1. The lowest BCUT2D eigenvalue weighted by Crippen LogP contribution is -2.17. The van der Waals surface area contributed by atoms with E-state index in [0.717, 1.165) is 22.0 Å². The minimum absolute atomic E-state index is 0.0951. The highest BCUT2D eigenvalue weighted by Gasteiger charge is 2.11. The maximum atomic E-state index is 6.15. The predicted molar refractivity (Wildman–Crippen MR) is 90.6 cm³/mol. The van der Waals surface area contributed by atoms with Crippen molar-refractivity contribution in [3.05, 3.63) is 50.0 Å². The van der Waals surface area contributed by atoms with Crippen LogP contribution >= 0.6 is 39.1 Å². The Balaban J connectivity index is 2.26. The Morgan fingerprint density at radius 3 is 2.62 bits per heavy atom. The molecule has 0 aliphatic heterocycles. The van der Waals surface area contributed by atoms with Gasteiger partial charge < -0.3 is 10.5 Å². The van der Waals surface area contributed by atoms with Gasteiger partial charge in [-0.05, 0) is 53.9 Å². The molecule has 1 aromatic carbocycles. The summed E-state index contributed by atoms with van der Waals surface area (Å²) in [5.74, 6) is 0.976. The zero-order chi connectivity index (χ0) is 15.6. The summed E-state index contributed by atoms with van der Waals surface area (Å²) in [5.41, 5.74) is 7.79. The second-order valence-corrected chi connectivity index (χ2v) is 6.61. The van der Waals surface area contributed by atoms with Crippen molar-refractivity contribution in [1.29, 1.82) is 0 Å². The molecule has 6 heteroatoms. The Kier molecular flexibility index (Phi) is 5.49. The number of rotatable bonds is 4. The fourth-order valence-electron chi connectivity index (χ4n) is 1.90. The Hall–Kier alpha value is -0.810. The molecule has 0 saturated carbocycles. The lowest BCUT2D eigenvalue weighted by Gasteiger charge is -2.12. The second-order valence-electron chi connectivity index (χ2n) is 4.95. The molecule has 0 aliphatic rings. The highest BCUT2D eigenvalue weighted by molar-refractivity contribution is 9.10. The van der Waals surface area contributed by atoms with Crippen LogP contribution < -0.4 is 10.5 Å². The first-order chi connectivity index (χ1) is 9.86. The third kappa shape index (κ3) is 4.33. The summed E-state index contributed by atoms with van der Waals surface area (Å²) in [6.07, 6.45) is 2.54. The number of aryl methyl sites for hydroxylation is 1. The molecule has 3 nitrogen and oxygen atoms in total. The summed E-state index contributed by atoms with van der Waals surface area (Å²) in [5, 5.41) is 0.993. The lowest BCUT2D eigenvalue weighted by atomic mass is 10.1. The van der Waals surface area contributed by atoms with E-state index in [-0.39, 0.29) is 6.04 Å². The van der Waals surface area contributed by atoms with Gasteiger partial charge in [-0.15, -0.1) is 0 Å². The average Bonchev–Trinajstić information content (AvgIpc) is 2.38. The number of aromatic nitrogens is 1. The Morgan fingerprint density at radius 1 is 1.29 bits per heavy atom. The molecular weight excluding hydrogens is 375 g/mol. The van der Waals surface area contributed by atoms with Crippen molar-refractivity contribution in [2.45, 2.75) is 26.3 Å². The van der Waals surface area contributed by atoms with Crippen LogP contribution in [0.15, 0.2) is 28.9 Å². The van der Waals surface area contributed by atoms with E-state index in [1.54, 1.807) is 18.3 Å². The molecule has 0 aliphatic carbocycles. The molecule has 112 valence electrons. The van der Waals surface area contributed by atoms with Gasteiger partial charge in [0, 0.05) is 28.3 Å². The minimum atomic E-state index is 0.0951. The van der Waals surface area contributed by atoms with Crippen LogP contribution in [0, 0.1) is 6.92 Å². The summed E-state index contributed by atoms with van der Waals surface area (Å²) in [4.78, 5) is 4.33. The largest absolute Gasteiger partial charge is 0.437 e. The SMILES string of the molecule is Cc1cc(CC(C)N)cnc1Oc1cc(Cl)c(Br)cc1Cl. The third-order valence-electron chi connectivity index (χ3n) is 2.83. The molecule has 0 saturated heterocycles. The van der Waals surface area contributed by atoms with Crippen molar-refractivity contribution in [2.75, 3.05) is 0 Å². The number of hydrogen-bond donors (Lipinski definition) is 1. The number of pyridine rings is 1. The van der Waals surface area contributed by atoms with Crippen LogP contribution in [-0.4, -0.2) is 11.0 Å². The van der Waals surface area contributed by atoms with Gasteiger partial charge in [-0.1, -0.05) is 23.2 Å². The monoisotopic (exact) mass is 388 g/mol. The molecule has 0 bridgehead atoms. The van der Waals surface area contributed by atoms with Crippen LogP contribution in [0.5, 0.6) is 11.6 Å². The van der Waals surface area contributed by atoms with Gasteiger partial charge in [-0.3, -0.25) is 0 Å². The fraction of sp³-hybridized carbons (Fsp3) is 0.267. The van der Waals surface area contributed by atoms with Crippen molar-refractivity contribution < 1.29 is 4.74 Å². The molecule has 0 fully saturated rings. The van der Waals surface area contributed by atoms with Gasteiger partial charge in [0.15, 0.2) is 0 Å². The molecule has 2 rings (SSSR count). The zero-order valence-corrected chi connectivity index (χ0v) is 14.8. The van der Waals surface area contributed by atoms with E-state index in [0.29, 0.717) is 21.7 Å². The molecule has 21 heavy (non-hydrogen) atoms. The maximum Gasteiger partial charge on any atom is 0.222 e. The first kappa shape index (κ1) is 16.6. The molecule has 0 radical (unpaired) electrons. The first-order valence-corrected chi connectivity index (χ1v) is 7.95. The summed E-state index contributed by atoms with van der Waals surface area (Å²) >= 11 is 15.5. The Labute approximate surface area is 142 Å². The van der Waals surface area contributed by atoms with Crippen molar-refractivity contribution >= 4 is 39.1 Å². The van der Waals surface area contributed by atoms with Crippen molar-refractivity contribution in [3.8, 4) is 11.6 Å². The van der Waals surface area contributed by atoms with Gasteiger partial charge in [-0.2, -0.15) is 0 Å². The molecule has 2 N–H and O–H groups in total. The van der Waals surface area contributed by atoms with Crippen LogP contribution in [0.4, 0.5) is 0 Å². The second kappa shape index (κ2) is 6.97. The van der Waals surface area contributed by atoms with Crippen LogP contribution in [0.25, 0.3) is 0 Å². The molecule has 0 spiro atoms. The number of nitrogens with zero attached hydrogens (tertiary/aromatic N) is 1. The summed E-state index contributed by atoms with van der Waals surface area (Å²) in [7, 11) is 0. The van der Waals surface area contributed by atoms with Crippen LogP contribution in [0.3, 0.4) is 0 Å². The molecular formula is C15H15BrCl2N2O. The number of hydrogen-bond acceptors (Lipinski definition) is 3.